The van der Waals surface area contributed by atoms with Crippen molar-refractivity contribution >= 4 is 28.6 Å². The molecule has 0 saturated heterocycles. The van der Waals surface area contributed by atoms with Crippen LogP contribution >= 0.6 is 11.8 Å². The molecule has 0 saturated carbocycles. The number of hydrogen-bond acceptors (Lipinski definition) is 5. The van der Waals surface area contributed by atoms with Gasteiger partial charge in [-0.3, -0.25) is 4.79 Å². The van der Waals surface area contributed by atoms with Crippen LogP contribution in [0.5, 0.6) is 5.75 Å². The first-order valence-electron chi connectivity index (χ1n) is 7.97. The summed E-state index contributed by atoms with van der Waals surface area (Å²) < 4.78 is 5.49. The number of nitrogens with zero attached hydrogens (tertiary/aromatic N) is 2. The van der Waals surface area contributed by atoms with E-state index in [1.54, 1.807) is 6.07 Å². The van der Waals surface area contributed by atoms with Crippen molar-refractivity contribution in [1.82, 2.24) is 10.3 Å². The summed E-state index contributed by atoms with van der Waals surface area (Å²) in [6, 6.07) is 9.70. The van der Waals surface area contributed by atoms with Crippen molar-refractivity contribution in [3.8, 4) is 11.8 Å². The number of carbonyl (C=O) groups excluding carboxylic acids is 1. The summed E-state index contributed by atoms with van der Waals surface area (Å²) in [4.78, 5) is 16.5. The van der Waals surface area contributed by atoms with Gasteiger partial charge in [-0.1, -0.05) is 18.7 Å². The van der Waals surface area contributed by atoms with Crippen molar-refractivity contribution in [3.05, 3.63) is 29.8 Å². The summed E-state index contributed by atoms with van der Waals surface area (Å²) >= 11 is 1.28. The van der Waals surface area contributed by atoms with E-state index in [9.17, 15) is 10.1 Å². The summed E-state index contributed by atoms with van der Waals surface area (Å²) in [6.07, 6.45) is 0.883. The molecule has 6 heteroatoms. The molecule has 0 unspecified atom stereocenters. The number of ether oxygens (including phenoxy) is 1. The highest BCUT2D eigenvalue weighted by Crippen LogP contribution is 2.27. The highest BCUT2D eigenvalue weighted by atomic mass is 32.2. The standard InChI is InChI=1S/C18H21N3O2S/c1-4-12(3)20-17(22)11-24-18-14(10-19)8-13-6-7-15(23-5-2)9-16(13)21-18/h6-9,12H,4-5,11H2,1-3H3,(H,20,22)/t12-/m0/s1. The van der Waals surface area contributed by atoms with Gasteiger partial charge in [-0.15, -0.1) is 0 Å². The maximum atomic E-state index is 11.9. The van der Waals surface area contributed by atoms with Gasteiger partial charge in [0, 0.05) is 17.5 Å². The Morgan fingerprint density at radius 2 is 2.21 bits per heavy atom. The molecule has 1 aromatic carbocycles. The van der Waals surface area contributed by atoms with E-state index in [-0.39, 0.29) is 17.7 Å². The minimum absolute atomic E-state index is 0.0526. The number of pyridine rings is 1. The van der Waals surface area contributed by atoms with Gasteiger partial charge in [0.05, 0.1) is 23.4 Å². The molecule has 1 atom stereocenters. The van der Waals surface area contributed by atoms with Crippen molar-refractivity contribution in [2.45, 2.75) is 38.3 Å². The third kappa shape index (κ3) is 4.62. The molecule has 0 aliphatic carbocycles. The molecule has 0 aliphatic rings. The zero-order valence-corrected chi connectivity index (χ0v) is 14.9. The lowest BCUT2D eigenvalue weighted by atomic mass is 10.1. The van der Waals surface area contributed by atoms with E-state index in [0.29, 0.717) is 17.2 Å². The number of rotatable bonds is 7. The molecule has 2 aromatic rings. The molecule has 2 rings (SSSR count). The van der Waals surface area contributed by atoms with Gasteiger partial charge in [0.1, 0.15) is 16.8 Å². The molecule has 1 heterocycles. The zero-order chi connectivity index (χ0) is 17.5. The van der Waals surface area contributed by atoms with Crippen LogP contribution in [0.25, 0.3) is 10.9 Å². The van der Waals surface area contributed by atoms with Crippen LogP contribution in [0.4, 0.5) is 0 Å². The maximum Gasteiger partial charge on any atom is 0.230 e. The number of amides is 1. The molecule has 0 spiro atoms. The fraction of sp³-hybridized carbons (Fsp3) is 0.389. The van der Waals surface area contributed by atoms with E-state index < -0.39 is 0 Å². The summed E-state index contributed by atoms with van der Waals surface area (Å²) in [5.41, 5.74) is 1.23. The quantitative estimate of drug-likeness (QED) is 0.779. The molecule has 5 nitrogen and oxygen atoms in total. The topological polar surface area (TPSA) is 75.0 Å². The van der Waals surface area contributed by atoms with Crippen molar-refractivity contribution in [3.63, 3.8) is 0 Å². The number of carbonyl (C=O) groups is 1. The van der Waals surface area contributed by atoms with Crippen LogP contribution in [0.1, 0.15) is 32.8 Å². The van der Waals surface area contributed by atoms with Crippen LogP contribution in [-0.2, 0) is 4.79 Å². The number of nitriles is 1. The molecule has 1 amide bonds. The first-order valence-corrected chi connectivity index (χ1v) is 8.95. The Morgan fingerprint density at radius 1 is 1.42 bits per heavy atom. The molecule has 0 aliphatic heterocycles. The van der Waals surface area contributed by atoms with Crippen LogP contribution in [0.3, 0.4) is 0 Å². The Balaban J connectivity index is 2.21. The van der Waals surface area contributed by atoms with Gasteiger partial charge in [0.25, 0.3) is 0 Å². The lowest BCUT2D eigenvalue weighted by Gasteiger charge is -2.11. The smallest absolute Gasteiger partial charge is 0.230 e. The summed E-state index contributed by atoms with van der Waals surface area (Å²) in [6.45, 7) is 6.49. The fourth-order valence-electron chi connectivity index (χ4n) is 2.13. The maximum absolute atomic E-state index is 11.9. The van der Waals surface area contributed by atoms with Crippen molar-refractivity contribution in [2.24, 2.45) is 0 Å². The Hall–Kier alpha value is -2.26. The third-order valence-electron chi connectivity index (χ3n) is 3.55. The van der Waals surface area contributed by atoms with Gasteiger partial charge in [-0.2, -0.15) is 5.26 Å². The van der Waals surface area contributed by atoms with E-state index in [1.165, 1.54) is 11.8 Å². The van der Waals surface area contributed by atoms with Crippen molar-refractivity contribution in [2.75, 3.05) is 12.4 Å². The second-order valence-corrected chi connectivity index (χ2v) is 6.37. The molecule has 126 valence electrons. The zero-order valence-electron chi connectivity index (χ0n) is 14.1. The summed E-state index contributed by atoms with van der Waals surface area (Å²) in [5, 5.41) is 13.7. The van der Waals surface area contributed by atoms with E-state index in [2.05, 4.69) is 16.4 Å². The summed E-state index contributed by atoms with van der Waals surface area (Å²) in [5.74, 6) is 0.929. The van der Waals surface area contributed by atoms with Gasteiger partial charge in [0.2, 0.25) is 5.91 Å². The fourth-order valence-corrected chi connectivity index (χ4v) is 2.90. The normalized spacial score (nSPS) is 11.8. The monoisotopic (exact) mass is 343 g/mol. The van der Waals surface area contributed by atoms with Crippen LogP contribution in [0.15, 0.2) is 29.3 Å². The largest absolute Gasteiger partial charge is 0.494 e. The Kier molecular flexibility index (Phi) is 6.44. The number of thioether (sulfide) groups is 1. The van der Waals surface area contributed by atoms with Gasteiger partial charge in [-0.25, -0.2) is 4.98 Å². The molecule has 1 N–H and O–H groups in total. The average molecular weight is 343 g/mol. The molecular formula is C18H21N3O2S. The van der Waals surface area contributed by atoms with Crippen LogP contribution in [0.2, 0.25) is 0 Å². The average Bonchev–Trinajstić information content (AvgIpc) is 2.59. The number of hydrogen-bond donors (Lipinski definition) is 1. The Bertz CT molecular complexity index is 771. The Morgan fingerprint density at radius 3 is 2.88 bits per heavy atom. The lowest BCUT2D eigenvalue weighted by molar-refractivity contribution is -0.119. The number of fused-ring (bicyclic) bond motifs is 1. The van der Waals surface area contributed by atoms with Crippen LogP contribution < -0.4 is 10.1 Å². The first-order chi connectivity index (χ1) is 11.6. The first kappa shape index (κ1) is 18.1. The molecule has 0 radical (unpaired) electrons. The predicted molar refractivity (Wildman–Crippen MR) is 96.2 cm³/mol. The number of nitrogens with one attached hydrogen (secondary N) is 1. The molecule has 1 aromatic heterocycles. The van der Waals surface area contributed by atoms with Crippen LogP contribution in [-0.4, -0.2) is 29.3 Å². The molecule has 24 heavy (non-hydrogen) atoms. The van der Waals surface area contributed by atoms with E-state index in [4.69, 9.17) is 4.74 Å². The highest BCUT2D eigenvalue weighted by molar-refractivity contribution is 8.00. The van der Waals surface area contributed by atoms with E-state index in [0.717, 1.165) is 23.1 Å². The number of benzene rings is 1. The van der Waals surface area contributed by atoms with Crippen LogP contribution in [0, 0.1) is 11.3 Å². The SMILES string of the molecule is CCOc1ccc2cc(C#N)c(SCC(=O)N[C@@H](C)CC)nc2c1. The predicted octanol–water partition coefficient (Wildman–Crippen LogP) is 3.51. The number of aromatic nitrogens is 1. The van der Waals surface area contributed by atoms with Gasteiger partial charge < -0.3 is 10.1 Å². The molecule has 0 bridgehead atoms. The minimum atomic E-state index is -0.0526. The minimum Gasteiger partial charge on any atom is -0.494 e. The Labute approximate surface area is 146 Å². The summed E-state index contributed by atoms with van der Waals surface area (Å²) in [7, 11) is 0. The third-order valence-corrected chi connectivity index (χ3v) is 4.54. The molecule has 0 fully saturated rings. The second kappa shape index (κ2) is 8.55. The van der Waals surface area contributed by atoms with Crippen molar-refractivity contribution < 1.29 is 9.53 Å². The van der Waals surface area contributed by atoms with Gasteiger partial charge >= 0.3 is 0 Å². The molecular weight excluding hydrogens is 322 g/mol. The van der Waals surface area contributed by atoms with Gasteiger partial charge in [0.15, 0.2) is 0 Å². The second-order valence-electron chi connectivity index (χ2n) is 5.41. The highest BCUT2D eigenvalue weighted by Gasteiger charge is 2.12. The lowest BCUT2D eigenvalue weighted by Crippen LogP contribution is -2.33. The van der Waals surface area contributed by atoms with Gasteiger partial charge in [-0.05, 0) is 38.5 Å². The van der Waals surface area contributed by atoms with E-state index in [1.807, 2.05) is 39.0 Å². The van der Waals surface area contributed by atoms with Crippen molar-refractivity contribution in [1.29, 1.82) is 5.26 Å². The van der Waals surface area contributed by atoms with E-state index >= 15 is 0 Å².